The Labute approximate surface area is 155 Å². The van der Waals surface area contributed by atoms with Gasteiger partial charge in [-0.25, -0.2) is 0 Å². The van der Waals surface area contributed by atoms with E-state index >= 15 is 0 Å². The van der Waals surface area contributed by atoms with E-state index in [1.165, 1.54) is 25.8 Å². The molecule has 5 nitrogen and oxygen atoms in total. The first-order valence-electron chi connectivity index (χ1n) is 10.1. The van der Waals surface area contributed by atoms with E-state index < -0.39 is 0 Å². The minimum Gasteiger partial charge on any atom is -0.349 e. The van der Waals surface area contributed by atoms with Crippen LogP contribution in [0.25, 0.3) is 10.9 Å². The highest BCUT2D eigenvalue weighted by atomic mass is 16.1. The van der Waals surface area contributed by atoms with Gasteiger partial charge in [0.1, 0.15) is 5.52 Å². The van der Waals surface area contributed by atoms with Crippen LogP contribution in [-0.2, 0) is 0 Å². The zero-order chi connectivity index (χ0) is 18.1. The van der Waals surface area contributed by atoms with Crippen molar-refractivity contribution >= 4 is 16.8 Å². The molecule has 140 valence electrons. The summed E-state index contributed by atoms with van der Waals surface area (Å²) >= 11 is 0. The second-order valence-corrected chi connectivity index (χ2v) is 8.29. The maximum Gasteiger partial charge on any atom is 0.253 e. The molecule has 2 fully saturated rings. The fourth-order valence-electron chi connectivity index (χ4n) is 4.08. The van der Waals surface area contributed by atoms with Gasteiger partial charge in [0.05, 0.1) is 5.56 Å². The predicted molar refractivity (Wildman–Crippen MR) is 104 cm³/mol. The molecule has 1 aromatic heterocycles. The minimum atomic E-state index is 0.0158. The highest BCUT2D eigenvalue weighted by molar-refractivity contribution is 6.05. The van der Waals surface area contributed by atoms with Gasteiger partial charge in [-0.2, -0.15) is 5.10 Å². The van der Waals surface area contributed by atoms with E-state index in [9.17, 15) is 4.79 Å². The lowest BCUT2D eigenvalue weighted by atomic mass is 9.84. The highest BCUT2D eigenvalue weighted by Gasteiger charge is 2.26. The molecule has 0 atom stereocenters. The molecule has 1 saturated carbocycles. The molecule has 0 bridgehead atoms. The molecule has 26 heavy (non-hydrogen) atoms. The van der Waals surface area contributed by atoms with Gasteiger partial charge in [0, 0.05) is 43.3 Å². The maximum atomic E-state index is 12.8. The molecule has 5 heteroatoms. The average molecular weight is 354 g/mol. The molecule has 2 heterocycles. The fourth-order valence-corrected chi connectivity index (χ4v) is 4.08. The van der Waals surface area contributed by atoms with Crippen molar-refractivity contribution in [1.29, 1.82) is 0 Å². The normalized spacial score (nSPS) is 19.8. The van der Waals surface area contributed by atoms with E-state index in [0.717, 1.165) is 42.8 Å². The number of rotatable bonds is 5. The topological polar surface area (TPSA) is 50.2 Å². The van der Waals surface area contributed by atoms with Crippen molar-refractivity contribution in [1.82, 2.24) is 20.0 Å². The Morgan fingerprint density at radius 3 is 2.65 bits per heavy atom. The molecule has 4 rings (SSSR count). The summed E-state index contributed by atoms with van der Waals surface area (Å²) in [5.74, 6) is 0.942. The molecular formula is C21H30N4O. The van der Waals surface area contributed by atoms with Crippen LogP contribution >= 0.6 is 0 Å². The molecule has 1 aliphatic carbocycles. The van der Waals surface area contributed by atoms with Crippen molar-refractivity contribution in [2.45, 2.75) is 58.0 Å². The van der Waals surface area contributed by atoms with Crippen LogP contribution in [0.1, 0.15) is 62.4 Å². The second-order valence-electron chi connectivity index (χ2n) is 8.29. The number of nitrogens with one attached hydrogen (secondary N) is 1. The zero-order valence-electron chi connectivity index (χ0n) is 15.9. The van der Waals surface area contributed by atoms with Crippen LogP contribution in [-0.4, -0.2) is 46.3 Å². The molecule has 0 spiro atoms. The van der Waals surface area contributed by atoms with Crippen LogP contribution in [0, 0.1) is 5.92 Å². The van der Waals surface area contributed by atoms with Gasteiger partial charge in [0.2, 0.25) is 0 Å². The molecule has 1 amide bonds. The average Bonchev–Trinajstić information content (AvgIpc) is 3.04. The van der Waals surface area contributed by atoms with Crippen molar-refractivity contribution in [3.05, 3.63) is 30.0 Å². The summed E-state index contributed by atoms with van der Waals surface area (Å²) in [5.41, 5.74) is 1.50. The molecule has 2 aliphatic rings. The van der Waals surface area contributed by atoms with Gasteiger partial charge in [-0.3, -0.25) is 9.48 Å². The molecule has 1 aliphatic heterocycles. The molecule has 2 aromatic rings. The smallest absolute Gasteiger partial charge is 0.253 e. The quantitative estimate of drug-likeness (QED) is 0.892. The number of carbonyl (C=O) groups is 1. The number of aromatic nitrogens is 2. The van der Waals surface area contributed by atoms with Crippen LogP contribution < -0.4 is 5.32 Å². The fraction of sp³-hybridized carbons (Fsp3) is 0.619. The third-order valence-corrected chi connectivity index (χ3v) is 5.99. The molecule has 1 saturated heterocycles. The summed E-state index contributed by atoms with van der Waals surface area (Å²) in [5, 5.41) is 8.92. The summed E-state index contributed by atoms with van der Waals surface area (Å²) in [6.07, 6.45) is 8.35. The van der Waals surface area contributed by atoms with Crippen LogP contribution in [0.15, 0.2) is 24.4 Å². The maximum absolute atomic E-state index is 12.8. The van der Waals surface area contributed by atoms with E-state index in [-0.39, 0.29) is 11.9 Å². The highest BCUT2D eigenvalue weighted by Crippen LogP contribution is 2.28. The number of hydrogen-bond donors (Lipinski definition) is 1. The van der Waals surface area contributed by atoms with Crippen LogP contribution in [0.4, 0.5) is 0 Å². The minimum absolute atomic E-state index is 0.0158. The third kappa shape index (κ3) is 3.63. The summed E-state index contributed by atoms with van der Waals surface area (Å²) in [7, 11) is 0. The van der Waals surface area contributed by atoms with E-state index in [2.05, 4.69) is 29.2 Å². The zero-order valence-corrected chi connectivity index (χ0v) is 15.9. The van der Waals surface area contributed by atoms with Gasteiger partial charge < -0.3 is 10.2 Å². The Morgan fingerprint density at radius 2 is 2.00 bits per heavy atom. The van der Waals surface area contributed by atoms with Gasteiger partial charge in [-0.05, 0) is 51.5 Å². The molecule has 1 aromatic carbocycles. The van der Waals surface area contributed by atoms with Crippen molar-refractivity contribution < 1.29 is 4.79 Å². The predicted octanol–water partition coefficient (Wildman–Crippen LogP) is 3.61. The largest absolute Gasteiger partial charge is 0.349 e. The van der Waals surface area contributed by atoms with E-state index in [1.807, 2.05) is 29.1 Å². The number of hydrogen-bond acceptors (Lipinski definition) is 3. The SMILES string of the molecule is CC(C)n1cc2cccc(C(=O)NC3CCN(CC4CCC4)CC3)c2n1. The standard InChI is InChI=1S/C21H30N4O/c1-15(2)25-14-17-7-4-8-19(20(17)23-25)21(26)22-18-9-11-24(12-10-18)13-16-5-3-6-16/h4,7-8,14-16,18H,3,5-6,9-13H2,1-2H3,(H,22,26). The lowest BCUT2D eigenvalue weighted by Crippen LogP contribution is -2.46. The summed E-state index contributed by atoms with van der Waals surface area (Å²) < 4.78 is 1.93. The molecular weight excluding hydrogens is 324 g/mol. The van der Waals surface area contributed by atoms with E-state index in [0.29, 0.717) is 11.6 Å². The Kier molecular flexibility index (Phi) is 4.98. The molecule has 0 unspecified atom stereocenters. The first-order chi connectivity index (χ1) is 12.6. The molecule has 1 N–H and O–H groups in total. The summed E-state index contributed by atoms with van der Waals surface area (Å²) in [4.78, 5) is 15.4. The number of likely N-dealkylation sites (tertiary alicyclic amines) is 1. The first kappa shape index (κ1) is 17.5. The Balaban J connectivity index is 1.38. The number of carbonyl (C=O) groups excluding carboxylic acids is 1. The van der Waals surface area contributed by atoms with Crippen molar-refractivity contribution in [2.24, 2.45) is 5.92 Å². The monoisotopic (exact) mass is 354 g/mol. The lowest BCUT2D eigenvalue weighted by molar-refractivity contribution is 0.0896. The van der Waals surface area contributed by atoms with Gasteiger partial charge in [0.25, 0.3) is 5.91 Å². The Morgan fingerprint density at radius 1 is 1.23 bits per heavy atom. The summed E-state index contributed by atoms with van der Waals surface area (Å²) in [6.45, 7) is 7.67. The first-order valence-corrected chi connectivity index (χ1v) is 10.1. The Hall–Kier alpha value is -1.88. The van der Waals surface area contributed by atoms with Crippen LogP contribution in [0.3, 0.4) is 0 Å². The van der Waals surface area contributed by atoms with Crippen molar-refractivity contribution in [3.8, 4) is 0 Å². The van der Waals surface area contributed by atoms with Crippen molar-refractivity contribution in [2.75, 3.05) is 19.6 Å². The molecule has 0 radical (unpaired) electrons. The number of piperidine rings is 1. The van der Waals surface area contributed by atoms with Crippen molar-refractivity contribution in [3.63, 3.8) is 0 Å². The number of benzene rings is 1. The third-order valence-electron chi connectivity index (χ3n) is 5.99. The van der Waals surface area contributed by atoms with Gasteiger partial charge in [-0.1, -0.05) is 18.6 Å². The van der Waals surface area contributed by atoms with Gasteiger partial charge in [0.15, 0.2) is 0 Å². The van der Waals surface area contributed by atoms with E-state index in [4.69, 9.17) is 0 Å². The number of nitrogens with zero attached hydrogens (tertiary/aromatic N) is 3. The number of fused-ring (bicyclic) bond motifs is 1. The number of amides is 1. The van der Waals surface area contributed by atoms with Crippen LogP contribution in [0.2, 0.25) is 0 Å². The van der Waals surface area contributed by atoms with Crippen LogP contribution in [0.5, 0.6) is 0 Å². The van der Waals surface area contributed by atoms with E-state index in [1.54, 1.807) is 0 Å². The Bertz CT molecular complexity index is 769. The van der Waals surface area contributed by atoms with Gasteiger partial charge in [-0.15, -0.1) is 0 Å². The van der Waals surface area contributed by atoms with Gasteiger partial charge >= 0.3 is 0 Å². The second kappa shape index (κ2) is 7.39. The summed E-state index contributed by atoms with van der Waals surface area (Å²) in [6, 6.07) is 6.43. The lowest BCUT2D eigenvalue weighted by Gasteiger charge is -2.37.